The Hall–Kier alpha value is -2.72. The van der Waals surface area contributed by atoms with Gasteiger partial charge in [-0.15, -0.1) is 0 Å². The normalized spacial score (nSPS) is 15.1. The van der Waals surface area contributed by atoms with E-state index in [1.54, 1.807) is 6.08 Å². The van der Waals surface area contributed by atoms with Crippen LogP contribution in [0.5, 0.6) is 11.5 Å². The molecule has 0 aromatic heterocycles. The molecule has 0 saturated heterocycles. The molecule has 0 heterocycles. The van der Waals surface area contributed by atoms with Crippen molar-refractivity contribution >= 4 is 11.6 Å². The van der Waals surface area contributed by atoms with Gasteiger partial charge in [-0.3, -0.25) is 0 Å². The van der Waals surface area contributed by atoms with Gasteiger partial charge < -0.3 is 4.74 Å². The quantitative estimate of drug-likeness (QED) is 0.370. The molecule has 0 bridgehead atoms. The largest absolute Gasteiger partial charge is 0.454 e. The predicted octanol–water partition coefficient (Wildman–Crippen LogP) is 8.00. The zero-order valence-electron chi connectivity index (χ0n) is 16.1. The van der Waals surface area contributed by atoms with Crippen LogP contribution < -0.4 is 4.74 Å². The van der Waals surface area contributed by atoms with Crippen molar-refractivity contribution in [1.82, 2.24) is 0 Å². The summed E-state index contributed by atoms with van der Waals surface area (Å²) >= 11 is 5.97. The van der Waals surface area contributed by atoms with E-state index in [-0.39, 0.29) is 23.9 Å². The molecule has 1 unspecified atom stereocenters. The Labute approximate surface area is 178 Å². The first-order valence-electron chi connectivity index (χ1n) is 9.81. The SMILES string of the molecule is F/C(=C\C(c1ccc(Cl)cc1)C1CC1)Cc1ccc(F)c(Oc2ccc(F)cc2)c1. The molecule has 1 saturated carbocycles. The number of benzene rings is 3. The molecule has 3 aromatic rings. The first-order chi connectivity index (χ1) is 14.5. The van der Waals surface area contributed by atoms with Crippen LogP contribution in [0.4, 0.5) is 13.2 Å². The van der Waals surface area contributed by atoms with Gasteiger partial charge in [0.2, 0.25) is 0 Å². The third kappa shape index (κ3) is 5.25. The second kappa shape index (κ2) is 8.97. The van der Waals surface area contributed by atoms with E-state index in [1.807, 2.05) is 24.3 Å². The van der Waals surface area contributed by atoms with Crippen LogP contribution in [-0.2, 0) is 6.42 Å². The van der Waals surface area contributed by atoms with E-state index in [2.05, 4.69) is 0 Å². The smallest absolute Gasteiger partial charge is 0.165 e. The maximum absolute atomic E-state index is 14.9. The minimum atomic E-state index is -0.565. The Morgan fingerprint density at radius 3 is 2.37 bits per heavy atom. The molecule has 154 valence electrons. The van der Waals surface area contributed by atoms with E-state index in [1.165, 1.54) is 42.5 Å². The lowest BCUT2D eigenvalue weighted by Crippen LogP contribution is -2.00. The summed E-state index contributed by atoms with van der Waals surface area (Å²) in [5, 5.41) is 0.651. The summed E-state index contributed by atoms with van der Waals surface area (Å²) in [6, 6.07) is 17.0. The maximum atomic E-state index is 14.9. The summed E-state index contributed by atoms with van der Waals surface area (Å²) in [4.78, 5) is 0. The van der Waals surface area contributed by atoms with E-state index >= 15 is 0 Å². The van der Waals surface area contributed by atoms with Gasteiger partial charge in [-0.05, 0) is 84.5 Å². The van der Waals surface area contributed by atoms with Crippen LogP contribution in [0.2, 0.25) is 5.02 Å². The second-order valence-corrected chi connectivity index (χ2v) is 7.96. The van der Waals surface area contributed by atoms with E-state index in [0.29, 0.717) is 22.3 Å². The number of halogens is 4. The van der Waals surface area contributed by atoms with Crippen molar-refractivity contribution in [1.29, 1.82) is 0 Å². The highest BCUT2D eigenvalue weighted by molar-refractivity contribution is 6.30. The fraction of sp³-hybridized carbons (Fsp3) is 0.200. The van der Waals surface area contributed by atoms with Crippen LogP contribution in [-0.4, -0.2) is 0 Å². The Balaban J connectivity index is 1.51. The predicted molar refractivity (Wildman–Crippen MR) is 113 cm³/mol. The topological polar surface area (TPSA) is 9.23 Å². The number of ether oxygens (including phenoxy) is 1. The summed E-state index contributed by atoms with van der Waals surface area (Å²) < 4.78 is 47.5. The molecule has 0 amide bonds. The summed E-state index contributed by atoms with van der Waals surface area (Å²) in [6.45, 7) is 0. The van der Waals surface area contributed by atoms with Crippen LogP contribution in [0.3, 0.4) is 0 Å². The summed E-state index contributed by atoms with van der Waals surface area (Å²) in [6.07, 6.45) is 3.84. The van der Waals surface area contributed by atoms with E-state index in [4.69, 9.17) is 16.3 Å². The lowest BCUT2D eigenvalue weighted by Gasteiger charge is -2.13. The summed E-state index contributed by atoms with van der Waals surface area (Å²) in [5.74, 6) is -0.538. The maximum Gasteiger partial charge on any atom is 0.165 e. The minimum Gasteiger partial charge on any atom is -0.454 e. The standard InChI is InChI=1S/C25H20ClF3O/c26-19-6-4-18(5-7-19)23(17-2-3-17)15-21(28)13-16-1-12-24(29)25(14-16)30-22-10-8-20(27)9-11-22/h1,4-12,14-15,17,23H,2-3,13H2/b21-15-. The molecule has 5 heteroatoms. The monoisotopic (exact) mass is 428 g/mol. The minimum absolute atomic E-state index is 0.00218. The molecule has 4 rings (SSSR count). The highest BCUT2D eigenvalue weighted by Crippen LogP contribution is 2.44. The van der Waals surface area contributed by atoms with Crippen LogP contribution in [0.15, 0.2) is 78.6 Å². The molecule has 30 heavy (non-hydrogen) atoms. The molecule has 1 atom stereocenters. The molecular weight excluding hydrogens is 409 g/mol. The lowest BCUT2D eigenvalue weighted by molar-refractivity contribution is 0.440. The van der Waals surface area contributed by atoms with Gasteiger partial charge >= 0.3 is 0 Å². The highest BCUT2D eigenvalue weighted by atomic mass is 35.5. The van der Waals surface area contributed by atoms with Crippen LogP contribution in [0.1, 0.15) is 29.9 Å². The summed E-state index contributed by atoms with van der Waals surface area (Å²) in [5.41, 5.74) is 1.63. The zero-order chi connectivity index (χ0) is 21.1. The fourth-order valence-corrected chi connectivity index (χ4v) is 3.59. The molecule has 1 aliphatic carbocycles. The Morgan fingerprint density at radius 1 is 1.00 bits per heavy atom. The Bertz CT molecular complexity index is 1040. The van der Waals surface area contributed by atoms with Crippen molar-refractivity contribution in [3.8, 4) is 11.5 Å². The third-order valence-corrected chi connectivity index (χ3v) is 5.41. The molecule has 1 aliphatic rings. The van der Waals surface area contributed by atoms with Gasteiger partial charge in [-0.25, -0.2) is 13.2 Å². The van der Waals surface area contributed by atoms with Crippen LogP contribution in [0.25, 0.3) is 0 Å². The van der Waals surface area contributed by atoms with Gasteiger partial charge in [-0.2, -0.15) is 0 Å². The molecule has 0 aliphatic heterocycles. The van der Waals surface area contributed by atoms with Crippen molar-refractivity contribution in [2.45, 2.75) is 25.2 Å². The van der Waals surface area contributed by atoms with Crippen molar-refractivity contribution in [2.24, 2.45) is 5.92 Å². The Morgan fingerprint density at radius 2 is 1.70 bits per heavy atom. The molecule has 1 fully saturated rings. The van der Waals surface area contributed by atoms with Crippen molar-refractivity contribution < 1.29 is 17.9 Å². The fourth-order valence-electron chi connectivity index (χ4n) is 3.46. The van der Waals surface area contributed by atoms with Gasteiger partial charge in [-0.1, -0.05) is 29.8 Å². The van der Waals surface area contributed by atoms with Crippen molar-refractivity contribution in [2.75, 3.05) is 0 Å². The van der Waals surface area contributed by atoms with Crippen molar-refractivity contribution in [3.63, 3.8) is 0 Å². The molecule has 0 radical (unpaired) electrons. The number of hydrogen-bond acceptors (Lipinski definition) is 1. The highest BCUT2D eigenvalue weighted by Gasteiger charge is 2.31. The average molecular weight is 429 g/mol. The number of hydrogen-bond donors (Lipinski definition) is 0. The van der Waals surface area contributed by atoms with Gasteiger partial charge in [0.25, 0.3) is 0 Å². The van der Waals surface area contributed by atoms with Crippen LogP contribution in [0, 0.1) is 17.6 Å². The van der Waals surface area contributed by atoms with Crippen LogP contribution >= 0.6 is 11.6 Å². The first-order valence-corrected chi connectivity index (χ1v) is 10.2. The molecule has 0 N–H and O–H groups in total. The van der Waals surface area contributed by atoms with Crippen molar-refractivity contribution in [3.05, 3.63) is 106 Å². The molecule has 3 aromatic carbocycles. The van der Waals surface area contributed by atoms with Gasteiger partial charge in [0.15, 0.2) is 11.6 Å². The van der Waals surface area contributed by atoms with Gasteiger partial charge in [0.1, 0.15) is 17.4 Å². The zero-order valence-corrected chi connectivity index (χ0v) is 16.9. The molecular formula is C25H20ClF3O. The Kier molecular flexibility index (Phi) is 6.14. The van der Waals surface area contributed by atoms with E-state index in [9.17, 15) is 13.2 Å². The van der Waals surface area contributed by atoms with E-state index < -0.39 is 11.6 Å². The third-order valence-electron chi connectivity index (χ3n) is 5.16. The van der Waals surface area contributed by atoms with E-state index in [0.717, 1.165) is 18.4 Å². The molecule has 0 spiro atoms. The average Bonchev–Trinajstić information content (AvgIpc) is 3.56. The van der Waals surface area contributed by atoms with Gasteiger partial charge in [0.05, 0.1) is 0 Å². The summed E-state index contributed by atoms with van der Waals surface area (Å²) in [7, 11) is 0. The van der Waals surface area contributed by atoms with Gasteiger partial charge in [0, 0.05) is 17.4 Å². The number of allylic oxidation sites excluding steroid dienone is 2. The second-order valence-electron chi connectivity index (χ2n) is 7.53. The lowest BCUT2D eigenvalue weighted by atomic mass is 9.93. The first kappa shape index (κ1) is 20.5. The number of rotatable bonds is 7. The molecule has 1 nitrogen and oxygen atoms in total.